The first kappa shape index (κ1) is 60.7. The summed E-state index contributed by atoms with van der Waals surface area (Å²) in [7, 11) is -14.7. The maximum atomic E-state index is 12.1. The molecule has 0 fully saturated rings. The van der Waals surface area contributed by atoms with Crippen molar-refractivity contribution in [2.75, 3.05) is 39.3 Å². The number of non-ortho nitro benzene ring substituents is 3. The van der Waals surface area contributed by atoms with E-state index in [-0.39, 0.29) is 97.6 Å². The molecule has 0 aliphatic carbocycles. The molecule has 0 aliphatic rings. The summed E-state index contributed by atoms with van der Waals surface area (Å²) in [6, 6.07) is 7.90. The predicted molar refractivity (Wildman–Crippen MR) is 207 cm³/mol. The molecule has 3 aromatic carbocycles. The van der Waals surface area contributed by atoms with E-state index in [1.54, 1.807) is 41.5 Å². The SMILES string of the molecule is CCN(CC)C(=O)c1ccc([N+](=O)[O-])cc1S(=O)(=O)O.CCN(CC)C(=O)c1ccc([N+](=O)[O-])cc1S(=O)(=O)[O-].CCN(CC)C(=O)c1ccc([N+](=O)[O-])cc1S(=O)(=O)[O-].[K+].[Na+]. The van der Waals surface area contributed by atoms with Crippen molar-refractivity contribution >= 4 is 65.1 Å². The molecular weight excluding hydrogens is 927 g/mol. The monoisotopic (exact) mass is 966 g/mol. The number of nitro benzene ring substituents is 3. The van der Waals surface area contributed by atoms with Crippen molar-refractivity contribution in [2.24, 2.45) is 0 Å². The van der Waals surface area contributed by atoms with E-state index in [0.717, 1.165) is 36.4 Å². The third-order valence-corrected chi connectivity index (χ3v) is 10.8. The van der Waals surface area contributed by atoms with Crippen molar-refractivity contribution < 1.29 is 149 Å². The van der Waals surface area contributed by atoms with Crippen LogP contribution in [0.5, 0.6) is 0 Å². The molecule has 330 valence electrons. The number of hydrogen-bond acceptors (Lipinski definition) is 17. The van der Waals surface area contributed by atoms with Gasteiger partial charge in [-0.1, -0.05) is 0 Å². The molecule has 0 aromatic heterocycles. The first-order valence-corrected chi connectivity index (χ1v) is 21.5. The van der Waals surface area contributed by atoms with Crippen LogP contribution < -0.4 is 80.9 Å². The summed E-state index contributed by atoms with van der Waals surface area (Å²) in [4.78, 5) is 67.2. The minimum absolute atomic E-state index is 0. The van der Waals surface area contributed by atoms with Gasteiger partial charge in [0.1, 0.15) is 25.1 Å². The Balaban J connectivity index is 0. The fourth-order valence-electron chi connectivity index (χ4n) is 5.07. The van der Waals surface area contributed by atoms with Crippen LogP contribution in [0, 0.1) is 30.3 Å². The van der Waals surface area contributed by atoms with Gasteiger partial charge in [-0.3, -0.25) is 49.3 Å². The molecule has 0 unspecified atom stereocenters. The number of hydrogen-bond donors (Lipinski definition) is 1. The summed E-state index contributed by atoms with van der Waals surface area (Å²) in [6.45, 7) is 12.2. The van der Waals surface area contributed by atoms with Crippen molar-refractivity contribution in [2.45, 2.75) is 56.2 Å². The summed E-state index contributed by atoms with van der Waals surface area (Å²) >= 11 is 0. The number of rotatable bonds is 15. The fraction of sp³-hybridized carbons (Fsp3) is 0.364. The van der Waals surface area contributed by atoms with Gasteiger partial charge < -0.3 is 23.8 Å². The zero-order chi connectivity index (χ0) is 46.5. The Morgan fingerprint density at radius 1 is 0.500 bits per heavy atom. The molecule has 0 heterocycles. The van der Waals surface area contributed by atoms with Crippen LogP contribution in [0.3, 0.4) is 0 Å². The molecule has 0 bridgehead atoms. The van der Waals surface area contributed by atoms with E-state index in [1.165, 1.54) is 14.7 Å². The fourth-order valence-corrected chi connectivity index (χ4v) is 7.16. The number of carbonyl (C=O) groups is 3. The van der Waals surface area contributed by atoms with Crippen LogP contribution in [0.1, 0.15) is 72.6 Å². The smallest absolute Gasteiger partial charge is 0.744 e. The average molecular weight is 967 g/mol. The second kappa shape index (κ2) is 26.4. The van der Waals surface area contributed by atoms with Crippen LogP contribution in [0.4, 0.5) is 17.1 Å². The predicted octanol–water partition coefficient (Wildman–Crippen LogP) is -2.71. The number of amides is 3. The van der Waals surface area contributed by atoms with Gasteiger partial charge >= 0.3 is 80.9 Å². The van der Waals surface area contributed by atoms with Crippen LogP contribution in [-0.4, -0.2) is 125 Å². The average Bonchev–Trinajstić information content (AvgIpc) is 3.17. The second-order valence-electron chi connectivity index (χ2n) is 11.6. The molecule has 62 heavy (non-hydrogen) atoms. The van der Waals surface area contributed by atoms with Gasteiger partial charge in [-0.25, -0.2) is 16.8 Å². The summed E-state index contributed by atoms with van der Waals surface area (Å²) < 4.78 is 98.8. The molecule has 29 heteroatoms. The van der Waals surface area contributed by atoms with Crippen LogP contribution in [0.2, 0.25) is 0 Å². The van der Waals surface area contributed by atoms with Gasteiger partial charge in [-0.2, -0.15) is 8.42 Å². The van der Waals surface area contributed by atoms with Crippen molar-refractivity contribution in [3.8, 4) is 0 Å². The van der Waals surface area contributed by atoms with E-state index in [1.807, 2.05) is 0 Å². The Morgan fingerprint density at radius 2 is 0.710 bits per heavy atom. The summed E-state index contributed by atoms with van der Waals surface area (Å²) in [5.41, 5.74) is -2.63. The molecule has 0 atom stereocenters. The number of nitro groups is 3. The third-order valence-electron chi connectivity index (χ3n) is 8.19. The van der Waals surface area contributed by atoms with Gasteiger partial charge in [0, 0.05) is 75.7 Å². The molecule has 0 saturated heterocycles. The minimum atomic E-state index is -4.99. The number of benzene rings is 3. The van der Waals surface area contributed by atoms with Crippen LogP contribution >= 0.6 is 0 Å². The van der Waals surface area contributed by atoms with E-state index >= 15 is 0 Å². The Morgan fingerprint density at radius 3 is 0.887 bits per heavy atom. The van der Waals surface area contributed by atoms with Gasteiger partial charge in [0.05, 0.1) is 41.3 Å². The largest absolute Gasteiger partial charge is 1.00 e. The van der Waals surface area contributed by atoms with E-state index in [2.05, 4.69) is 0 Å². The Bertz CT molecular complexity index is 2190. The Labute approximate surface area is 421 Å². The summed E-state index contributed by atoms with van der Waals surface area (Å²) in [6.07, 6.45) is 0. The number of nitrogens with zero attached hydrogens (tertiary/aromatic N) is 6. The molecule has 0 spiro atoms. The van der Waals surface area contributed by atoms with E-state index in [4.69, 9.17) is 4.55 Å². The van der Waals surface area contributed by atoms with E-state index in [0.29, 0.717) is 57.5 Å². The maximum Gasteiger partial charge on any atom is 1.00 e. The van der Waals surface area contributed by atoms with Gasteiger partial charge in [0.25, 0.3) is 44.9 Å². The van der Waals surface area contributed by atoms with Crippen molar-refractivity contribution in [1.82, 2.24) is 14.7 Å². The van der Waals surface area contributed by atoms with Gasteiger partial charge in [-0.15, -0.1) is 0 Å². The van der Waals surface area contributed by atoms with E-state index < -0.39 is 94.6 Å². The van der Waals surface area contributed by atoms with Crippen molar-refractivity contribution in [1.29, 1.82) is 0 Å². The van der Waals surface area contributed by atoms with E-state index in [9.17, 15) is 79.1 Å². The van der Waals surface area contributed by atoms with Crippen LogP contribution in [0.25, 0.3) is 0 Å². The zero-order valence-corrected chi connectivity index (χ0v) is 42.3. The van der Waals surface area contributed by atoms with Crippen molar-refractivity contribution in [3.05, 3.63) is 102 Å². The topological polar surface area (TPSA) is 359 Å². The molecule has 24 nitrogen and oxygen atoms in total. The first-order chi connectivity index (χ1) is 27.7. The maximum absolute atomic E-state index is 12.1. The van der Waals surface area contributed by atoms with Gasteiger partial charge in [-0.05, 0) is 59.7 Å². The first-order valence-electron chi connectivity index (χ1n) is 17.3. The Kier molecular flexibility index (Phi) is 25.9. The zero-order valence-electron chi connectivity index (χ0n) is 34.7. The second-order valence-corrected chi connectivity index (χ2v) is 15.7. The van der Waals surface area contributed by atoms with Crippen molar-refractivity contribution in [3.63, 3.8) is 0 Å². The normalized spacial score (nSPS) is 10.8. The Hall–Kier alpha value is -3.36. The van der Waals surface area contributed by atoms with Crippen LogP contribution in [-0.2, 0) is 30.4 Å². The summed E-state index contributed by atoms with van der Waals surface area (Å²) in [5, 5.41) is 31.9. The molecule has 0 saturated carbocycles. The molecule has 0 aliphatic heterocycles. The molecule has 0 radical (unpaired) electrons. The van der Waals surface area contributed by atoms with Gasteiger partial charge in [0.15, 0.2) is 0 Å². The standard InChI is InChI=1S/3C11H14N2O6S.K.Na/c3*1-3-12(4-2)11(14)9-6-5-8(13(15)16)7-10(9)20(17,18)19;;/h3*5-7H,3-4H2,1-2H3,(H,17,18,19);;/q;;;2*+1/p-2. The van der Waals surface area contributed by atoms with Crippen LogP contribution in [0.15, 0.2) is 69.3 Å². The minimum Gasteiger partial charge on any atom is -0.744 e. The number of carbonyl (C=O) groups excluding carboxylic acids is 3. The van der Waals surface area contributed by atoms with Gasteiger partial charge in [0.2, 0.25) is 0 Å². The molecule has 1 N–H and O–H groups in total. The molecule has 3 aromatic rings. The molecule has 3 amide bonds. The third kappa shape index (κ3) is 17.0. The quantitative estimate of drug-likeness (QED) is 0.0700. The molecular formula is C33H40KN6NaO18S3. The summed E-state index contributed by atoms with van der Waals surface area (Å²) in [5.74, 6) is -1.92. The molecule has 3 rings (SSSR count).